The SMILES string of the molecule is C[C@@H]1CC(c2ccc([N+](=O)[O-])cc2)=Nc2ccccc2S1. The average Bonchev–Trinajstić information content (AvgIpc) is 2.65. The summed E-state index contributed by atoms with van der Waals surface area (Å²) in [5, 5.41) is 11.2. The molecule has 0 saturated heterocycles. The van der Waals surface area contributed by atoms with Crippen LogP contribution in [0.25, 0.3) is 0 Å². The fourth-order valence-electron chi connectivity index (χ4n) is 2.33. The first-order chi connectivity index (χ1) is 10.1. The maximum absolute atomic E-state index is 10.7. The van der Waals surface area contributed by atoms with Gasteiger partial charge in [0.25, 0.3) is 5.69 Å². The molecule has 0 radical (unpaired) electrons. The Morgan fingerprint density at radius 3 is 2.62 bits per heavy atom. The number of thioether (sulfide) groups is 1. The predicted octanol–water partition coefficient (Wildman–Crippen LogP) is 4.60. The fraction of sp³-hybridized carbons (Fsp3) is 0.188. The molecule has 0 bridgehead atoms. The minimum atomic E-state index is -0.382. The van der Waals surface area contributed by atoms with Gasteiger partial charge in [0.15, 0.2) is 0 Å². The van der Waals surface area contributed by atoms with Crippen LogP contribution in [0.5, 0.6) is 0 Å². The summed E-state index contributed by atoms with van der Waals surface area (Å²) in [4.78, 5) is 16.3. The van der Waals surface area contributed by atoms with Crippen LogP contribution in [0.15, 0.2) is 58.4 Å². The van der Waals surface area contributed by atoms with Crippen molar-refractivity contribution in [3.63, 3.8) is 0 Å². The molecule has 0 N–H and O–H groups in total. The molecular weight excluding hydrogens is 284 g/mol. The topological polar surface area (TPSA) is 55.5 Å². The number of aliphatic imine (C=N–C) groups is 1. The molecule has 4 nitrogen and oxygen atoms in total. The molecule has 3 rings (SSSR count). The fourth-order valence-corrected chi connectivity index (χ4v) is 3.40. The molecule has 106 valence electrons. The summed E-state index contributed by atoms with van der Waals surface area (Å²) in [6.45, 7) is 2.17. The molecule has 1 aliphatic rings. The molecule has 1 atom stereocenters. The van der Waals surface area contributed by atoms with Crippen molar-refractivity contribution in [2.24, 2.45) is 4.99 Å². The predicted molar refractivity (Wildman–Crippen MR) is 85.7 cm³/mol. The Hall–Kier alpha value is -2.14. The van der Waals surface area contributed by atoms with Crippen LogP contribution in [-0.2, 0) is 0 Å². The Morgan fingerprint density at radius 2 is 1.90 bits per heavy atom. The number of benzene rings is 2. The van der Waals surface area contributed by atoms with Gasteiger partial charge in [-0.15, -0.1) is 11.8 Å². The van der Waals surface area contributed by atoms with Crippen LogP contribution >= 0.6 is 11.8 Å². The molecule has 2 aromatic rings. The van der Waals surface area contributed by atoms with Crippen molar-refractivity contribution < 1.29 is 4.92 Å². The normalized spacial score (nSPS) is 17.6. The zero-order chi connectivity index (χ0) is 14.8. The molecule has 0 aromatic heterocycles. The van der Waals surface area contributed by atoms with E-state index < -0.39 is 0 Å². The zero-order valence-corrected chi connectivity index (χ0v) is 12.3. The zero-order valence-electron chi connectivity index (χ0n) is 11.5. The van der Waals surface area contributed by atoms with Gasteiger partial charge in [0, 0.05) is 34.4 Å². The lowest BCUT2D eigenvalue weighted by molar-refractivity contribution is -0.384. The van der Waals surface area contributed by atoms with Crippen molar-refractivity contribution in [3.8, 4) is 0 Å². The lowest BCUT2D eigenvalue weighted by atomic mass is 10.1. The van der Waals surface area contributed by atoms with Gasteiger partial charge in [-0.1, -0.05) is 19.1 Å². The van der Waals surface area contributed by atoms with Gasteiger partial charge in [-0.25, -0.2) is 0 Å². The van der Waals surface area contributed by atoms with E-state index in [0.717, 1.165) is 23.4 Å². The molecule has 0 aliphatic carbocycles. The Morgan fingerprint density at radius 1 is 1.19 bits per heavy atom. The molecule has 2 aromatic carbocycles. The molecule has 5 heteroatoms. The van der Waals surface area contributed by atoms with E-state index in [4.69, 9.17) is 4.99 Å². The third-order valence-electron chi connectivity index (χ3n) is 3.34. The summed E-state index contributed by atoms with van der Waals surface area (Å²) < 4.78 is 0. The largest absolute Gasteiger partial charge is 0.269 e. The Balaban J connectivity index is 2.01. The van der Waals surface area contributed by atoms with E-state index >= 15 is 0 Å². The minimum Gasteiger partial charge on any atom is -0.258 e. The molecule has 21 heavy (non-hydrogen) atoms. The lowest BCUT2D eigenvalue weighted by Gasteiger charge is -2.09. The van der Waals surface area contributed by atoms with Gasteiger partial charge in [-0.05, 0) is 29.8 Å². The van der Waals surface area contributed by atoms with Crippen molar-refractivity contribution >= 4 is 28.8 Å². The number of nitro groups is 1. The Bertz CT molecular complexity index is 710. The van der Waals surface area contributed by atoms with Crippen LogP contribution in [0.2, 0.25) is 0 Å². The van der Waals surface area contributed by atoms with E-state index in [9.17, 15) is 10.1 Å². The molecular formula is C16H14N2O2S. The van der Waals surface area contributed by atoms with Crippen molar-refractivity contribution in [1.82, 2.24) is 0 Å². The molecule has 0 amide bonds. The van der Waals surface area contributed by atoms with Gasteiger partial charge in [-0.2, -0.15) is 0 Å². The van der Waals surface area contributed by atoms with Crippen molar-refractivity contribution in [2.45, 2.75) is 23.5 Å². The smallest absolute Gasteiger partial charge is 0.258 e. The van der Waals surface area contributed by atoms with Gasteiger partial charge >= 0.3 is 0 Å². The second-order valence-electron chi connectivity index (χ2n) is 4.96. The van der Waals surface area contributed by atoms with Crippen LogP contribution < -0.4 is 0 Å². The first kappa shape index (κ1) is 13.8. The number of fused-ring (bicyclic) bond motifs is 1. The molecule has 0 fully saturated rings. The summed E-state index contributed by atoms with van der Waals surface area (Å²) in [5.74, 6) is 0. The number of hydrogen-bond donors (Lipinski definition) is 0. The summed E-state index contributed by atoms with van der Waals surface area (Å²) in [6, 6.07) is 14.7. The van der Waals surface area contributed by atoms with Crippen LogP contribution in [0.1, 0.15) is 18.9 Å². The summed E-state index contributed by atoms with van der Waals surface area (Å²) >= 11 is 1.82. The van der Waals surface area contributed by atoms with E-state index in [1.54, 1.807) is 12.1 Å². The molecule has 1 aliphatic heterocycles. The van der Waals surface area contributed by atoms with E-state index in [-0.39, 0.29) is 10.6 Å². The summed E-state index contributed by atoms with van der Waals surface area (Å²) in [6.07, 6.45) is 0.844. The van der Waals surface area contributed by atoms with Crippen LogP contribution in [0.3, 0.4) is 0 Å². The van der Waals surface area contributed by atoms with Crippen LogP contribution in [0.4, 0.5) is 11.4 Å². The first-order valence-corrected chi connectivity index (χ1v) is 7.59. The third kappa shape index (κ3) is 2.97. The molecule has 0 saturated carbocycles. The highest BCUT2D eigenvalue weighted by atomic mass is 32.2. The van der Waals surface area contributed by atoms with E-state index in [1.165, 1.54) is 17.0 Å². The molecule has 0 spiro atoms. The molecule has 1 heterocycles. The van der Waals surface area contributed by atoms with E-state index in [2.05, 4.69) is 13.0 Å². The Labute approximate surface area is 127 Å². The standard InChI is InChI=1S/C16H14N2O2S/c1-11-10-15(12-6-8-13(9-7-12)18(19)20)17-14-4-2-3-5-16(14)21-11/h2-9,11H,10H2,1H3/t11-/m1/s1. The van der Waals surface area contributed by atoms with E-state index in [0.29, 0.717) is 5.25 Å². The average molecular weight is 298 g/mol. The monoisotopic (exact) mass is 298 g/mol. The van der Waals surface area contributed by atoms with Gasteiger partial charge in [-0.3, -0.25) is 15.1 Å². The lowest BCUT2D eigenvalue weighted by Crippen LogP contribution is -2.07. The highest BCUT2D eigenvalue weighted by Gasteiger charge is 2.18. The highest BCUT2D eigenvalue weighted by Crippen LogP contribution is 2.37. The first-order valence-electron chi connectivity index (χ1n) is 6.71. The summed E-state index contributed by atoms with van der Waals surface area (Å²) in [7, 11) is 0. The number of para-hydroxylation sites is 1. The van der Waals surface area contributed by atoms with Crippen LogP contribution in [0, 0.1) is 10.1 Å². The van der Waals surface area contributed by atoms with E-state index in [1.807, 2.05) is 30.0 Å². The number of nitro benzene ring substituents is 1. The van der Waals surface area contributed by atoms with Gasteiger partial charge < -0.3 is 0 Å². The van der Waals surface area contributed by atoms with Gasteiger partial charge in [0.1, 0.15) is 0 Å². The maximum atomic E-state index is 10.7. The number of rotatable bonds is 2. The van der Waals surface area contributed by atoms with Gasteiger partial charge in [0.2, 0.25) is 0 Å². The molecule has 0 unspecified atom stereocenters. The third-order valence-corrected chi connectivity index (χ3v) is 4.51. The minimum absolute atomic E-state index is 0.107. The summed E-state index contributed by atoms with van der Waals surface area (Å²) in [5.41, 5.74) is 3.01. The van der Waals surface area contributed by atoms with Crippen molar-refractivity contribution in [1.29, 1.82) is 0 Å². The number of hydrogen-bond acceptors (Lipinski definition) is 4. The second-order valence-corrected chi connectivity index (χ2v) is 6.44. The van der Waals surface area contributed by atoms with Crippen molar-refractivity contribution in [3.05, 3.63) is 64.2 Å². The van der Waals surface area contributed by atoms with Gasteiger partial charge in [0.05, 0.1) is 10.6 Å². The highest BCUT2D eigenvalue weighted by molar-refractivity contribution is 8.00. The van der Waals surface area contributed by atoms with Crippen LogP contribution in [-0.4, -0.2) is 15.9 Å². The Kier molecular flexibility index (Phi) is 3.75. The quantitative estimate of drug-likeness (QED) is 0.601. The second kappa shape index (κ2) is 5.69. The number of non-ortho nitro benzene ring substituents is 1. The number of nitrogens with zero attached hydrogens (tertiary/aromatic N) is 2. The maximum Gasteiger partial charge on any atom is 0.269 e. The van der Waals surface area contributed by atoms with Crippen molar-refractivity contribution in [2.75, 3.05) is 0 Å².